The predicted molar refractivity (Wildman–Crippen MR) is 64.9 cm³/mol. The van der Waals surface area contributed by atoms with E-state index in [1.165, 1.54) is 0 Å². The molecule has 2 nitrogen and oxygen atoms in total. The third-order valence-corrected chi connectivity index (χ3v) is 3.69. The fraction of sp³-hybridized carbons (Fsp3) is 0.917. The first-order valence-corrected chi connectivity index (χ1v) is 7.12. The highest BCUT2D eigenvalue weighted by Gasteiger charge is 2.62. The number of carbonyl (C=O) groups is 1. The van der Waals surface area contributed by atoms with Crippen molar-refractivity contribution in [1.82, 2.24) is 4.90 Å². The lowest BCUT2D eigenvalue weighted by Gasteiger charge is -2.37. The van der Waals surface area contributed by atoms with Gasteiger partial charge in [-0.3, -0.25) is 4.79 Å². The molecule has 124 valence electrons. The molecule has 1 aliphatic carbocycles. The topological polar surface area (TPSA) is 20.3 Å². The van der Waals surface area contributed by atoms with Crippen LogP contribution in [0.3, 0.4) is 0 Å². The van der Waals surface area contributed by atoms with Crippen molar-refractivity contribution >= 4 is 17.5 Å². The van der Waals surface area contributed by atoms with E-state index in [0.717, 1.165) is 6.42 Å². The van der Waals surface area contributed by atoms with Crippen LogP contribution in [-0.4, -0.2) is 41.6 Å². The number of amides is 1. The quantitative estimate of drug-likeness (QED) is 0.557. The van der Waals surface area contributed by atoms with Gasteiger partial charge in [0.1, 0.15) is 0 Å². The monoisotopic (exact) mass is 339 g/mol. The van der Waals surface area contributed by atoms with E-state index in [4.69, 9.17) is 11.6 Å². The summed E-state index contributed by atoms with van der Waals surface area (Å²) in [6.07, 6.45) is -8.28. The van der Waals surface area contributed by atoms with E-state index in [2.05, 4.69) is 0 Å². The van der Waals surface area contributed by atoms with Gasteiger partial charge >= 0.3 is 12.4 Å². The van der Waals surface area contributed by atoms with Crippen molar-refractivity contribution in [2.24, 2.45) is 5.92 Å². The average molecular weight is 340 g/mol. The molecule has 0 aromatic carbocycles. The van der Waals surface area contributed by atoms with Gasteiger partial charge < -0.3 is 4.90 Å². The fourth-order valence-electron chi connectivity index (χ4n) is 2.59. The van der Waals surface area contributed by atoms with Crippen molar-refractivity contribution in [3.63, 3.8) is 0 Å². The number of carbonyl (C=O) groups excluding carboxylic acids is 1. The first-order valence-electron chi connectivity index (χ1n) is 6.59. The molecule has 1 saturated carbocycles. The van der Waals surface area contributed by atoms with E-state index < -0.39 is 30.2 Å². The first-order chi connectivity index (χ1) is 9.59. The van der Waals surface area contributed by atoms with Crippen LogP contribution in [0.5, 0.6) is 0 Å². The summed E-state index contributed by atoms with van der Waals surface area (Å²) in [5.74, 6) is -6.12. The Balaban J connectivity index is 3.01. The molecule has 0 aromatic rings. The third-order valence-electron chi connectivity index (χ3n) is 3.53. The second-order valence-corrected chi connectivity index (χ2v) is 5.41. The molecule has 0 saturated heterocycles. The van der Waals surface area contributed by atoms with Crippen LogP contribution in [-0.2, 0) is 4.79 Å². The van der Waals surface area contributed by atoms with Crippen molar-refractivity contribution in [2.75, 3.05) is 12.4 Å². The van der Waals surface area contributed by atoms with Crippen molar-refractivity contribution < 1.29 is 31.1 Å². The zero-order chi connectivity index (χ0) is 16.3. The normalized spacial score (nSPS) is 18.1. The first kappa shape index (κ1) is 18.4. The van der Waals surface area contributed by atoms with Gasteiger partial charge in [-0.2, -0.15) is 26.3 Å². The molecule has 0 unspecified atom stereocenters. The molecule has 0 spiro atoms. The van der Waals surface area contributed by atoms with Crippen molar-refractivity contribution in [2.45, 2.75) is 50.5 Å². The standard InChI is InChI=1S/C12H16ClF6NO/c13-6-7-20(8-4-2-1-3-5-8)10(21)9(11(14,15)16)12(17,18)19/h8-9H,1-7H2. The summed E-state index contributed by atoms with van der Waals surface area (Å²) >= 11 is 5.44. The van der Waals surface area contributed by atoms with Gasteiger partial charge in [0.05, 0.1) is 0 Å². The summed E-state index contributed by atoms with van der Waals surface area (Å²) in [5, 5.41) is 0. The van der Waals surface area contributed by atoms with Gasteiger partial charge in [0.25, 0.3) is 0 Å². The Hall–Kier alpha value is -0.660. The van der Waals surface area contributed by atoms with E-state index in [9.17, 15) is 31.1 Å². The Bertz CT molecular complexity index is 337. The molecule has 0 aromatic heterocycles. The van der Waals surface area contributed by atoms with Gasteiger partial charge in [-0.25, -0.2) is 0 Å². The molecule has 9 heteroatoms. The number of hydrogen-bond acceptors (Lipinski definition) is 1. The van der Waals surface area contributed by atoms with Crippen molar-refractivity contribution in [1.29, 1.82) is 0 Å². The molecule has 1 aliphatic rings. The molecule has 0 bridgehead atoms. The van der Waals surface area contributed by atoms with Crippen LogP contribution in [0.1, 0.15) is 32.1 Å². The molecule has 1 rings (SSSR count). The van der Waals surface area contributed by atoms with Crippen LogP contribution in [0.4, 0.5) is 26.3 Å². The second-order valence-electron chi connectivity index (χ2n) is 5.03. The van der Waals surface area contributed by atoms with E-state index in [0.29, 0.717) is 30.6 Å². The Labute approximate surface area is 123 Å². The Morgan fingerprint density at radius 3 is 1.90 bits per heavy atom. The predicted octanol–water partition coefficient (Wildman–Crippen LogP) is 4.13. The highest BCUT2D eigenvalue weighted by atomic mass is 35.5. The molecule has 0 heterocycles. The summed E-state index contributed by atoms with van der Waals surface area (Å²) in [6, 6.07) is -0.600. The number of alkyl halides is 7. The smallest absolute Gasteiger partial charge is 0.338 e. The molecular weight excluding hydrogens is 324 g/mol. The maximum Gasteiger partial charge on any atom is 0.409 e. The van der Waals surface area contributed by atoms with Gasteiger partial charge in [0.2, 0.25) is 11.8 Å². The second kappa shape index (κ2) is 7.07. The van der Waals surface area contributed by atoms with Gasteiger partial charge in [-0.15, -0.1) is 11.6 Å². The molecular formula is C12H16ClF6NO. The minimum Gasteiger partial charge on any atom is -0.338 e. The molecule has 0 radical (unpaired) electrons. The summed E-state index contributed by atoms with van der Waals surface area (Å²) in [7, 11) is 0. The van der Waals surface area contributed by atoms with E-state index in [-0.39, 0.29) is 12.4 Å². The van der Waals surface area contributed by atoms with Crippen LogP contribution < -0.4 is 0 Å². The number of halogens is 7. The van der Waals surface area contributed by atoms with E-state index in [1.807, 2.05) is 0 Å². The molecule has 21 heavy (non-hydrogen) atoms. The van der Waals surface area contributed by atoms with Crippen molar-refractivity contribution in [3.05, 3.63) is 0 Å². The molecule has 1 amide bonds. The fourth-order valence-corrected chi connectivity index (χ4v) is 2.77. The summed E-state index contributed by atoms with van der Waals surface area (Å²) in [5.41, 5.74) is 0. The SMILES string of the molecule is O=C(C(C(F)(F)F)C(F)(F)F)N(CCCl)C1CCCCC1. The molecule has 1 fully saturated rings. The molecule has 0 aliphatic heterocycles. The Kier molecular flexibility index (Phi) is 6.19. The maximum atomic E-state index is 12.6. The zero-order valence-corrected chi connectivity index (χ0v) is 11.9. The van der Waals surface area contributed by atoms with Gasteiger partial charge in [-0.1, -0.05) is 19.3 Å². The van der Waals surface area contributed by atoms with Gasteiger partial charge in [0.15, 0.2) is 0 Å². The minimum absolute atomic E-state index is 0.204. The van der Waals surface area contributed by atoms with Crippen molar-refractivity contribution in [3.8, 4) is 0 Å². The highest BCUT2D eigenvalue weighted by Crippen LogP contribution is 2.41. The van der Waals surface area contributed by atoms with Crippen LogP contribution in [0.2, 0.25) is 0 Å². The Morgan fingerprint density at radius 2 is 1.52 bits per heavy atom. The number of hydrogen-bond donors (Lipinski definition) is 0. The lowest BCUT2D eigenvalue weighted by molar-refractivity contribution is -0.278. The summed E-state index contributed by atoms with van der Waals surface area (Å²) in [6.45, 7) is -0.312. The van der Waals surface area contributed by atoms with Crippen LogP contribution in [0.25, 0.3) is 0 Å². The highest BCUT2D eigenvalue weighted by molar-refractivity contribution is 6.18. The van der Waals surface area contributed by atoms with Crippen LogP contribution in [0.15, 0.2) is 0 Å². The van der Waals surface area contributed by atoms with Crippen LogP contribution >= 0.6 is 11.6 Å². The number of rotatable bonds is 4. The maximum absolute atomic E-state index is 12.6. The largest absolute Gasteiger partial charge is 0.409 e. The van der Waals surface area contributed by atoms with Crippen LogP contribution in [0, 0.1) is 5.92 Å². The van der Waals surface area contributed by atoms with Gasteiger partial charge in [-0.05, 0) is 12.8 Å². The summed E-state index contributed by atoms with van der Waals surface area (Å²) < 4.78 is 75.8. The van der Waals surface area contributed by atoms with Gasteiger partial charge in [0, 0.05) is 18.5 Å². The summed E-state index contributed by atoms with van der Waals surface area (Å²) in [4.78, 5) is 12.5. The third kappa shape index (κ3) is 4.93. The number of nitrogens with zero attached hydrogens (tertiary/aromatic N) is 1. The van der Waals surface area contributed by atoms with E-state index >= 15 is 0 Å². The Morgan fingerprint density at radius 1 is 1.05 bits per heavy atom. The minimum atomic E-state index is -5.66. The average Bonchev–Trinajstić information content (AvgIpc) is 2.33. The van der Waals surface area contributed by atoms with E-state index in [1.54, 1.807) is 0 Å². The lowest BCUT2D eigenvalue weighted by Crippen LogP contribution is -2.53. The molecule has 0 N–H and O–H groups in total. The zero-order valence-electron chi connectivity index (χ0n) is 11.1. The lowest BCUT2D eigenvalue weighted by atomic mass is 9.93. The molecule has 0 atom stereocenters.